The number of hydrogen-bond acceptors (Lipinski definition) is 7. The van der Waals surface area contributed by atoms with Crippen LogP contribution in [0.2, 0.25) is 0 Å². The van der Waals surface area contributed by atoms with Gasteiger partial charge in [0.05, 0.1) is 12.8 Å². The van der Waals surface area contributed by atoms with Gasteiger partial charge < -0.3 is 33.1 Å². The highest BCUT2D eigenvalue weighted by Crippen LogP contribution is 2.38. The average Bonchev–Trinajstić information content (AvgIpc) is 3.74. The molecule has 2 aliphatic heterocycles. The van der Waals surface area contributed by atoms with Crippen molar-refractivity contribution in [2.24, 2.45) is 0 Å². The maximum atomic E-state index is 13.9. The predicted octanol–water partition coefficient (Wildman–Crippen LogP) is 5.52. The van der Waals surface area contributed by atoms with Gasteiger partial charge in [-0.05, 0) is 59.7 Å². The first-order chi connectivity index (χ1) is 21.7. The summed E-state index contributed by atoms with van der Waals surface area (Å²) in [5, 5.41) is 0. The molecule has 44 heavy (non-hydrogen) atoms. The molecule has 0 aliphatic carbocycles. The van der Waals surface area contributed by atoms with Crippen molar-refractivity contribution < 1.29 is 23.7 Å². The summed E-state index contributed by atoms with van der Waals surface area (Å²) in [6.45, 7) is 3.48. The van der Waals surface area contributed by atoms with Crippen molar-refractivity contribution in [1.82, 2.24) is 14.3 Å². The van der Waals surface area contributed by atoms with Crippen LogP contribution in [0.15, 0.2) is 97.3 Å². The lowest BCUT2D eigenvalue weighted by Crippen LogP contribution is -2.49. The molecule has 0 radical (unpaired) electrons. The van der Waals surface area contributed by atoms with Crippen molar-refractivity contribution in [3.63, 3.8) is 0 Å². The normalized spacial score (nSPS) is 14.9. The van der Waals surface area contributed by atoms with E-state index in [1.54, 1.807) is 7.11 Å². The van der Waals surface area contributed by atoms with Gasteiger partial charge in [-0.25, -0.2) is 4.98 Å². The molecule has 0 spiro atoms. The molecule has 1 fully saturated rings. The van der Waals surface area contributed by atoms with Crippen molar-refractivity contribution in [2.75, 3.05) is 45.0 Å². The molecule has 224 valence electrons. The van der Waals surface area contributed by atoms with E-state index in [2.05, 4.69) is 17.0 Å². The highest BCUT2D eigenvalue weighted by Gasteiger charge is 2.29. The molecule has 9 heteroatoms. The minimum absolute atomic E-state index is 0.105. The van der Waals surface area contributed by atoms with Crippen LogP contribution in [-0.2, 0) is 11.4 Å². The molecule has 0 saturated carbocycles. The summed E-state index contributed by atoms with van der Waals surface area (Å²) >= 11 is 0. The van der Waals surface area contributed by atoms with E-state index >= 15 is 0 Å². The Bertz CT molecular complexity index is 1750. The molecule has 2 aliphatic rings. The molecule has 0 bridgehead atoms. The molecule has 4 heterocycles. The van der Waals surface area contributed by atoms with Gasteiger partial charge in [-0.15, -0.1) is 0 Å². The highest BCUT2D eigenvalue weighted by atomic mass is 16.7. The smallest absolute Gasteiger partial charge is 0.231 e. The number of carbonyl (C=O) groups excluding carboxylic acids is 1. The molecule has 5 aromatic rings. The van der Waals surface area contributed by atoms with Crippen molar-refractivity contribution in [3.05, 3.63) is 114 Å². The van der Waals surface area contributed by atoms with Gasteiger partial charge in [-0.2, -0.15) is 0 Å². The van der Waals surface area contributed by atoms with E-state index in [0.29, 0.717) is 49.0 Å². The van der Waals surface area contributed by atoms with E-state index in [0.717, 1.165) is 41.3 Å². The van der Waals surface area contributed by atoms with Crippen LogP contribution in [0.4, 0.5) is 5.69 Å². The third-order valence-corrected chi connectivity index (χ3v) is 8.37. The number of rotatable bonds is 9. The zero-order chi connectivity index (χ0) is 29.9. The lowest BCUT2D eigenvalue weighted by Gasteiger charge is -2.36. The van der Waals surface area contributed by atoms with Crippen LogP contribution in [0.25, 0.3) is 5.65 Å². The summed E-state index contributed by atoms with van der Waals surface area (Å²) < 4.78 is 24.8. The molecule has 0 N–H and O–H groups in total. The summed E-state index contributed by atoms with van der Waals surface area (Å²) in [5.74, 6) is 2.77. The maximum absolute atomic E-state index is 13.9. The van der Waals surface area contributed by atoms with Gasteiger partial charge in [0.15, 0.2) is 22.9 Å². The molecule has 1 atom stereocenters. The average molecular weight is 591 g/mol. The Balaban J connectivity index is 1.13. The summed E-state index contributed by atoms with van der Waals surface area (Å²) in [7, 11) is 1.67. The first-order valence-electron chi connectivity index (χ1n) is 14.9. The number of imidazole rings is 1. The van der Waals surface area contributed by atoms with Crippen LogP contribution in [-0.4, -0.2) is 60.3 Å². The lowest BCUT2D eigenvalue weighted by atomic mass is 9.91. The van der Waals surface area contributed by atoms with Gasteiger partial charge in [0.25, 0.3) is 0 Å². The van der Waals surface area contributed by atoms with Gasteiger partial charge >= 0.3 is 0 Å². The molecule has 9 nitrogen and oxygen atoms in total. The van der Waals surface area contributed by atoms with Gasteiger partial charge in [0.2, 0.25) is 12.7 Å². The number of amides is 1. The third kappa shape index (κ3) is 5.60. The SMILES string of the molecule is COc1ccc(N2CCN(C(=O)CC(c3ccc4c(c3)OCO4)c3cnc4c(OCc5ccccc5)cccn34)CC2)cc1. The summed E-state index contributed by atoms with van der Waals surface area (Å²) in [5.41, 5.74) is 4.81. The van der Waals surface area contributed by atoms with Gasteiger partial charge in [-0.1, -0.05) is 36.4 Å². The minimum atomic E-state index is -0.254. The Morgan fingerprint density at radius 3 is 2.50 bits per heavy atom. The summed E-state index contributed by atoms with van der Waals surface area (Å²) in [6, 6.07) is 27.9. The second kappa shape index (κ2) is 12.2. The number of benzene rings is 3. The van der Waals surface area contributed by atoms with Gasteiger partial charge in [0, 0.05) is 56.6 Å². The van der Waals surface area contributed by atoms with E-state index in [1.165, 1.54) is 0 Å². The fourth-order valence-electron chi connectivity index (χ4n) is 5.94. The molecular weight excluding hydrogens is 556 g/mol. The van der Waals surface area contributed by atoms with E-state index in [-0.39, 0.29) is 18.6 Å². The zero-order valence-electron chi connectivity index (χ0n) is 24.6. The van der Waals surface area contributed by atoms with E-state index in [4.69, 9.17) is 23.9 Å². The number of anilines is 1. The topological polar surface area (TPSA) is 77.8 Å². The number of fused-ring (bicyclic) bond motifs is 2. The fraction of sp³-hybridized carbons (Fsp3) is 0.257. The fourth-order valence-corrected chi connectivity index (χ4v) is 5.94. The van der Waals surface area contributed by atoms with Crippen LogP contribution in [0.1, 0.15) is 29.2 Å². The lowest BCUT2D eigenvalue weighted by molar-refractivity contribution is -0.131. The Hall–Kier alpha value is -5.18. The second-order valence-corrected chi connectivity index (χ2v) is 11.0. The maximum Gasteiger partial charge on any atom is 0.231 e. The molecule has 1 unspecified atom stereocenters. The first kappa shape index (κ1) is 27.6. The van der Waals surface area contributed by atoms with Crippen molar-refractivity contribution >= 4 is 17.2 Å². The van der Waals surface area contributed by atoms with E-state index in [9.17, 15) is 4.79 Å². The summed E-state index contributed by atoms with van der Waals surface area (Å²) in [4.78, 5) is 22.9. The van der Waals surface area contributed by atoms with E-state index < -0.39 is 0 Å². The molecule has 1 amide bonds. The van der Waals surface area contributed by atoms with Crippen molar-refractivity contribution in [3.8, 4) is 23.0 Å². The van der Waals surface area contributed by atoms with Crippen molar-refractivity contribution in [2.45, 2.75) is 18.9 Å². The first-order valence-corrected chi connectivity index (χ1v) is 14.9. The number of carbonyl (C=O) groups is 1. The van der Waals surface area contributed by atoms with Crippen LogP contribution in [0, 0.1) is 0 Å². The van der Waals surface area contributed by atoms with Crippen LogP contribution < -0.4 is 23.8 Å². The number of piperazine rings is 1. The minimum Gasteiger partial charge on any atom is -0.497 e. The number of nitrogens with zero attached hydrogens (tertiary/aromatic N) is 4. The van der Waals surface area contributed by atoms with Crippen molar-refractivity contribution in [1.29, 1.82) is 0 Å². The predicted molar refractivity (Wildman–Crippen MR) is 167 cm³/mol. The Morgan fingerprint density at radius 1 is 0.909 bits per heavy atom. The molecule has 1 saturated heterocycles. The number of hydrogen-bond donors (Lipinski definition) is 0. The van der Waals surface area contributed by atoms with Crippen LogP contribution >= 0.6 is 0 Å². The zero-order valence-corrected chi connectivity index (χ0v) is 24.6. The Labute approximate surface area is 256 Å². The van der Waals surface area contributed by atoms with Gasteiger partial charge in [0.1, 0.15) is 12.4 Å². The van der Waals surface area contributed by atoms with Gasteiger partial charge in [-0.3, -0.25) is 4.79 Å². The Morgan fingerprint density at radius 2 is 1.70 bits per heavy atom. The third-order valence-electron chi connectivity index (χ3n) is 8.37. The molecule has 7 rings (SSSR count). The quantitative estimate of drug-likeness (QED) is 0.224. The number of aromatic nitrogens is 2. The monoisotopic (exact) mass is 590 g/mol. The summed E-state index contributed by atoms with van der Waals surface area (Å²) in [6.07, 6.45) is 4.13. The number of ether oxygens (including phenoxy) is 4. The molecular formula is C35H34N4O5. The molecule has 3 aromatic carbocycles. The second-order valence-electron chi connectivity index (χ2n) is 11.0. The van der Waals surface area contributed by atoms with Crippen LogP contribution in [0.3, 0.4) is 0 Å². The number of methoxy groups -OCH3 is 1. The van der Waals surface area contributed by atoms with Crippen LogP contribution in [0.5, 0.6) is 23.0 Å². The standard InChI is InChI=1S/C35H34N4O5/c1-41-28-12-10-27(11-13-28)37-16-18-38(19-17-37)34(40)21-29(26-9-14-31-33(20-26)44-24-43-31)30-22-36-35-32(8-5-15-39(30)35)42-23-25-6-3-2-4-7-25/h2-15,20,22,29H,16-19,21,23-24H2,1H3. The largest absolute Gasteiger partial charge is 0.497 e. The van der Waals surface area contributed by atoms with E-state index in [1.807, 2.05) is 94.5 Å². The Kier molecular flexibility index (Phi) is 7.67. The number of pyridine rings is 1. The molecule has 2 aromatic heterocycles. The highest BCUT2D eigenvalue weighted by molar-refractivity contribution is 5.78.